The summed E-state index contributed by atoms with van der Waals surface area (Å²) in [6, 6.07) is 2.27. The average molecular weight is 267 g/mol. The molecular formula is C14H19F2N3. The Kier molecular flexibility index (Phi) is 4.02. The highest BCUT2D eigenvalue weighted by Gasteiger charge is 2.24. The molecule has 19 heavy (non-hydrogen) atoms. The molecule has 0 spiro atoms. The van der Waals surface area contributed by atoms with Gasteiger partial charge in [-0.2, -0.15) is 0 Å². The maximum atomic E-state index is 14.1. The summed E-state index contributed by atoms with van der Waals surface area (Å²) in [4.78, 5) is 1.77. The van der Waals surface area contributed by atoms with Crippen molar-refractivity contribution in [2.75, 3.05) is 18.0 Å². The smallest absolute Gasteiger partial charge is 0.150 e. The van der Waals surface area contributed by atoms with E-state index < -0.39 is 11.6 Å². The Bertz CT molecular complexity index is 465. The molecule has 3 N–H and O–H groups in total. The van der Waals surface area contributed by atoms with E-state index in [-0.39, 0.29) is 17.1 Å². The summed E-state index contributed by atoms with van der Waals surface area (Å²) in [7, 11) is 0. The summed E-state index contributed by atoms with van der Waals surface area (Å²) in [5, 5.41) is 7.24. The quantitative estimate of drug-likeness (QED) is 0.653. The molecule has 1 aliphatic heterocycles. The molecule has 0 bridgehead atoms. The molecule has 0 saturated carbocycles. The fraction of sp³-hybridized carbons (Fsp3) is 0.500. The third-order valence-electron chi connectivity index (χ3n) is 3.74. The van der Waals surface area contributed by atoms with E-state index in [1.165, 1.54) is 0 Å². The molecule has 1 unspecified atom stereocenters. The number of hydrogen-bond acceptors (Lipinski definition) is 2. The van der Waals surface area contributed by atoms with Gasteiger partial charge >= 0.3 is 0 Å². The van der Waals surface area contributed by atoms with Crippen LogP contribution in [-0.2, 0) is 0 Å². The van der Waals surface area contributed by atoms with Crippen LogP contribution in [0.4, 0.5) is 14.5 Å². The van der Waals surface area contributed by atoms with Crippen molar-refractivity contribution in [2.45, 2.75) is 26.2 Å². The van der Waals surface area contributed by atoms with E-state index in [0.717, 1.165) is 31.4 Å². The van der Waals surface area contributed by atoms with Gasteiger partial charge in [0.05, 0.1) is 0 Å². The maximum absolute atomic E-state index is 14.1. The van der Waals surface area contributed by atoms with E-state index >= 15 is 0 Å². The lowest BCUT2D eigenvalue weighted by Gasteiger charge is -2.34. The first-order valence-electron chi connectivity index (χ1n) is 6.61. The zero-order valence-corrected chi connectivity index (χ0v) is 11.0. The fourth-order valence-corrected chi connectivity index (χ4v) is 2.62. The van der Waals surface area contributed by atoms with Crippen LogP contribution in [0.25, 0.3) is 0 Å². The van der Waals surface area contributed by atoms with Crippen LogP contribution in [0.5, 0.6) is 0 Å². The number of anilines is 1. The van der Waals surface area contributed by atoms with Crippen molar-refractivity contribution in [1.82, 2.24) is 0 Å². The van der Waals surface area contributed by atoms with Gasteiger partial charge in [-0.3, -0.25) is 5.41 Å². The lowest BCUT2D eigenvalue weighted by atomic mass is 9.95. The highest BCUT2D eigenvalue weighted by atomic mass is 19.1. The fourth-order valence-electron chi connectivity index (χ4n) is 2.62. The van der Waals surface area contributed by atoms with E-state index in [4.69, 9.17) is 11.1 Å². The molecule has 0 radical (unpaired) electrons. The van der Waals surface area contributed by atoms with Gasteiger partial charge in [0.25, 0.3) is 0 Å². The van der Waals surface area contributed by atoms with Gasteiger partial charge in [-0.25, -0.2) is 8.78 Å². The predicted octanol–water partition coefficient (Wildman–Crippen LogP) is 2.88. The van der Waals surface area contributed by atoms with Crippen LogP contribution in [0.15, 0.2) is 12.1 Å². The largest absolute Gasteiger partial charge is 0.384 e. The SMILES string of the molecule is CCC1CCCN(c2c(F)cc(C(=N)N)cc2F)C1. The van der Waals surface area contributed by atoms with Crippen molar-refractivity contribution in [1.29, 1.82) is 5.41 Å². The van der Waals surface area contributed by atoms with Gasteiger partial charge in [0.15, 0.2) is 0 Å². The molecule has 1 fully saturated rings. The van der Waals surface area contributed by atoms with Crippen molar-refractivity contribution in [2.24, 2.45) is 11.7 Å². The Labute approximate surface area is 111 Å². The molecule has 1 aliphatic rings. The molecule has 1 atom stereocenters. The predicted molar refractivity (Wildman–Crippen MR) is 72.6 cm³/mol. The summed E-state index contributed by atoms with van der Waals surface area (Å²) in [6.45, 7) is 3.45. The van der Waals surface area contributed by atoms with E-state index in [1.54, 1.807) is 4.90 Å². The molecule has 1 saturated heterocycles. The van der Waals surface area contributed by atoms with Crippen molar-refractivity contribution in [3.8, 4) is 0 Å². The number of nitrogen functional groups attached to an aromatic ring is 1. The van der Waals surface area contributed by atoms with Crippen LogP contribution in [0.3, 0.4) is 0 Å². The molecule has 3 nitrogen and oxygen atoms in total. The van der Waals surface area contributed by atoms with Gasteiger partial charge < -0.3 is 10.6 Å². The summed E-state index contributed by atoms with van der Waals surface area (Å²) in [6.07, 6.45) is 3.08. The van der Waals surface area contributed by atoms with Gasteiger partial charge in [0.1, 0.15) is 23.2 Å². The number of rotatable bonds is 3. The molecule has 0 amide bonds. The molecule has 1 heterocycles. The number of nitrogens with zero attached hydrogens (tertiary/aromatic N) is 1. The normalized spacial score (nSPS) is 19.5. The summed E-state index contributed by atoms with van der Waals surface area (Å²) in [5.41, 5.74) is 5.36. The molecule has 104 valence electrons. The maximum Gasteiger partial charge on any atom is 0.150 e. The first-order chi connectivity index (χ1) is 9.02. The van der Waals surface area contributed by atoms with Crippen molar-refractivity contribution >= 4 is 11.5 Å². The van der Waals surface area contributed by atoms with Gasteiger partial charge in [0, 0.05) is 18.7 Å². The molecule has 2 rings (SSSR count). The first kappa shape index (κ1) is 13.8. The van der Waals surface area contributed by atoms with Crippen molar-refractivity contribution < 1.29 is 8.78 Å². The number of benzene rings is 1. The van der Waals surface area contributed by atoms with E-state index in [0.29, 0.717) is 19.0 Å². The lowest BCUT2D eigenvalue weighted by Crippen LogP contribution is -2.36. The minimum Gasteiger partial charge on any atom is -0.384 e. The van der Waals surface area contributed by atoms with Crippen molar-refractivity contribution in [3.05, 3.63) is 29.3 Å². The van der Waals surface area contributed by atoms with Gasteiger partial charge in [-0.1, -0.05) is 13.3 Å². The highest BCUT2D eigenvalue weighted by molar-refractivity contribution is 5.95. The van der Waals surface area contributed by atoms with Gasteiger partial charge in [-0.15, -0.1) is 0 Å². The summed E-state index contributed by atoms with van der Waals surface area (Å²) < 4.78 is 28.1. The monoisotopic (exact) mass is 267 g/mol. The average Bonchev–Trinajstić information content (AvgIpc) is 2.38. The standard InChI is InChI=1S/C14H19F2N3/c1-2-9-4-3-5-19(8-9)13-11(15)6-10(14(17)18)7-12(13)16/h6-7,9H,2-5,8H2,1H3,(H3,17,18). The van der Waals surface area contributed by atoms with Crippen LogP contribution in [0.2, 0.25) is 0 Å². The Balaban J connectivity index is 2.31. The number of piperidine rings is 1. The Morgan fingerprint density at radius 3 is 2.58 bits per heavy atom. The van der Waals surface area contributed by atoms with E-state index in [2.05, 4.69) is 6.92 Å². The molecule has 1 aromatic carbocycles. The number of amidine groups is 1. The zero-order valence-electron chi connectivity index (χ0n) is 11.0. The molecule has 5 heteroatoms. The summed E-state index contributed by atoms with van der Waals surface area (Å²) in [5.74, 6) is -1.11. The molecule has 0 aliphatic carbocycles. The second-order valence-corrected chi connectivity index (χ2v) is 5.06. The number of nitrogens with one attached hydrogen (secondary N) is 1. The van der Waals surface area contributed by atoms with Crippen molar-refractivity contribution in [3.63, 3.8) is 0 Å². The number of nitrogens with two attached hydrogens (primary N) is 1. The molecular weight excluding hydrogens is 248 g/mol. The van der Waals surface area contributed by atoms with Gasteiger partial charge in [-0.05, 0) is 30.9 Å². The second-order valence-electron chi connectivity index (χ2n) is 5.06. The molecule has 0 aromatic heterocycles. The second kappa shape index (κ2) is 5.55. The van der Waals surface area contributed by atoms with E-state index in [9.17, 15) is 8.78 Å². The minimum atomic E-state index is -0.637. The van der Waals surface area contributed by atoms with Crippen LogP contribution in [0.1, 0.15) is 31.7 Å². The van der Waals surface area contributed by atoms with Gasteiger partial charge in [0.2, 0.25) is 0 Å². The van der Waals surface area contributed by atoms with Crippen LogP contribution < -0.4 is 10.6 Å². The Hall–Kier alpha value is -1.65. The first-order valence-corrected chi connectivity index (χ1v) is 6.61. The van der Waals surface area contributed by atoms with Crippen LogP contribution in [0, 0.1) is 23.0 Å². The summed E-state index contributed by atoms with van der Waals surface area (Å²) >= 11 is 0. The Morgan fingerprint density at radius 1 is 1.42 bits per heavy atom. The number of hydrogen-bond donors (Lipinski definition) is 2. The lowest BCUT2D eigenvalue weighted by molar-refractivity contribution is 0.398. The Morgan fingerprint density at radius 2 is 2.05 bits per heavy atom. The van der Waals surface area contributed by atoms with Crippen LogP contribution >= 0.6 is 0 Å². The topological polar surface area (TPSA) is 53.1 Å². The highest BCUT2D eigenvalue weighted by Crippen LogP contribution is 2.30. The molecule has 1 aromatic rings. The number of halogens is 2. The third kappa shape index (κ3) is 2.85. The zero-order chi connectivity index (χ0) is 14.0. The minimum absolute atomic E-state index is 0.0168. The van der Waals surface area contributed by atoms with Crippen LogP contribution in [-0.4, -0.2) is 18.9 Å². The third-order valence-corrected chi connectivity index (χ3v) is 3.74. The van der Waals surface area contributed by atoms with E-state index in [1.807, 2.05) is 0 Å².